The summed E-state index contributed by atoms with van der Waals surface area (Å²) in [4.78, 5) is 0. The van der Waals surface area contributed by atoms with Gasteiger partial charge in [0.25, 0.3) is 6.43 Å². The van der Waals surface area contributed by atoms with Gasteiger partial charge >= 0.3 is 0 Å². The van der Waals surface area contributed by atoms with E-state index in [-0.39, 0.29) is 6.10 Å². The van der Waals surface area contributed by atoms with Gasteiger partial charge in [-0.15, -0.1) is 0 Å². The maximum Gasteiger partial charge on any atom is 0.261 e. The molecular weight excluding hydrogens is 114 g/mol. The van der Waals surface area contributed by atoms with E-state index in [1.165, 1.54) is 0 Å². The Hall–Kier alpha value is -0.180. The van der Waals surface area contributed by atoms with E-state index in [2.05, 4.69) is 4.74 Å². The maximum atomic E-state index is 11.3. The summed E-state index contributed by atoms with van der Waals surface area (Å²) in [5.41, 5.74) is 0. The minimum absolute atomic E-state index is 0.0935. The molecule has 0 heterocycles. The predicted molar refractivity (Wildman–Crippen MR) is 27.1 cm³/mol. The quantitative estimate of drug-likeness (QED) is 0.556. The van der Waals surface area contributed by atoms with Gasteiger partial charge < -0.3 is 4.74 Å². The van der Waals surface area contributed by atoms with Gasteiger partial charge in [-0.3, -0.25) is 0 Å². The fraction of sp³-hybridized carbons (Fsp3) is 1.00. The first kappa shape index (κ1) is 7.82. The van der Waals surface area contributed by atoms with Crippen LogP contribution in [0.1, 0.15) is 13.8 Å². The molecule has 0 saturated carbocycles. The van der Waals surface area contributed by atoms with Crippen molar-refractivity contribution in [3.05, 3.63) is 0 Å². The summed E-state index contributed by atoms with van der Waals surface area (Å²) in [7, 11) is 0. The van der Waals surface area contributed by atoms with Crippen molar-refractivity contribution in [2.75, 3.05) is 6.61 Å². The van der Waals surface area contributed by atoms with E-state index < -0.39 is 13.0 Å². The second kappa shape index (κ2) is 3.78. The molecule has 0 bridgehead atoms. The highest BCUT2D eigenvalue weighted by Crippen LogP contribution is 1.95. The van der Waals surface area contributed by atoms with Crippen molar-refractivity contribution in [1.29, 1.82) is 0 Å². The molecule has 3 heteroatoms. The standard InChI is InChI=1S/C5H10F2O/c1-4(2)8-3-5(6)7/h4-5H,3H2,1-2H3. The van der Waals surface area contributed by atoms with Crippen molar-refractivity contribution in [2.24, 2.45) is 0 Å². The summed E-state index contributed by atoms with van der Waals surface area (Å²) in [6, 6.07) is 0. The molecule has 50 valence electrons. The van der Waals surface area contributed by atoms with Crippen LogP contribution in [0.4, 0.5) is 8.78 Å². The Bertz CT molecular complexity index is 46.4. The molecule has 0 atom stereocenters. The second-order valence-electron chi connectivity index (χ2n) is 1.77. The first-order chi connectivity index (χ1) is 3.63. The van der Waals surface area contributed by atoms with Crippen molar-refractivity contribution in [1.82, 2.24) is 0 Å². The summed E-state index contributed by atoms with van der Waals surface area (Å²) < 4.78 is 27.1. The lowest BCUT2D eigenvalue weighted by Crippen LogP contribution is -2.09. The van der Waals surface area contributed by atoms with E-state index in [1.54, 1.807) is 13.8 Å². The third-order valence-corrected chi connectivity index (χ3v) is 0.556. The summed E-state index contributed by atoms with van der Waals surface area (Å²) in [5.74, 6) is 0. The highest BCUT2D eigenvalue weighted by Gasteiger charge is 2.02. The van der Waals surface area contributed by atoms with Crippen LogP contribution in [0.25, 0.3) is 0 Å². The van der Waals surface area contributed by atoms with Crippen LogP contribution in [-0.4, -0.2) is 19.1 Å². The molecule has 0 N–H and O–H groups in total. The molecule has 0 radical (unpaired) electrons. The molecule has 0 rings (SSSR count). The van der Waals surface area contributed by atoms with E-state index in [9.17, 15) is 8.78 Å². The maximum absolute atomic E-state index is 11.3. The largest absolute Gasteiger partial charge is 0.373 e. The van der Waals surface area contributed by atoms with E-state index in [0.29, 0.717) is 0 Å². The monoisotopic (exact) mass is 124 g/mol. The molecule has 0 aliphatic heterocycles. The number of ether oxygens (including phenoxy) is 1. The molecular formula is C5H10F2O. The zero-order chi connectivity index (χ0) is 6.57. The van der Waals surface area contributed by atoms with Crippen LogP contribution in [0.15, 0.2) is 0 Å². The third kappa shape index (κ3) is 5.82. The third-order valence-electron chi connectivity index (χ3n) is 0.556. The van der Waals surface area contributed by atoms with E-state index in [1.807, 2.05) is 0 Å². The number of rotatable bonds is 3. The topological polar surface area (TPSA) is 9.23 Å². The Morgan fingerprint density at radius 3 is 2.00 bits per heavy atom. The van der Waals surface area contributed by atoms with Crippen LogP contribution in [0.3, 0.4) is 0 Å². The minimum Gasteiger partial charge on any atom is -0.373 e. The highest BCUT2D eigenvalue weighted by molar-refractivity contribution is 4.38. The number of alkyl halides is 2. The van der Waals surface area contributed by atoms with Gasteiger partial charge in [-0.2, -0.15) is 0 Å². The van der Waals surface area contributed by atoms with Crippen LogP contribution in [-0.2, 0) is 4.74 Å². The van der Waals surface area contributed by atoms with E-state index in [0.717, 1.165) is 0 Å². The average Bonchev–Trinajstić information content (AvgIpc) is 1.61. The van der Waals surface area contributed by atoms with Crippen LogP contribution in [0.5, 0.6) is 0 Å². The van der Waals surface area contributed by atoms with Crippen molar-refractivity contribution < 1.29 is 13.5 Å². The lowest BCUT2D eigenvalue weighted by atomic mass is 10.5. The van der Waals surface area contributed by atoms with Crippen molar-refractivity contribution in [3.63, 3.8) is 0 Å². The van der Waals surface area contributed by atoms with Gasteiger partial charge in [0.2, 0.25) is 0 Å². The fourth-order valence-corrected chi connectivity index (χ4v) is 0.265. The summed E-state index contributed by atoms with van der Waals surface area (Å²) >= 11 is 0. The molecule has 0 amide bonds. The Kier molecular flexibility index (Phi) is 3.69. The normalized spacial score (nSPS) is 11.2. The smallest absolute Gasteiger partial charge is 0.261 e. The minimum atomic E-state index is -2.34. The Balaban J connectivity index is 2.93. The molecule has 1 nitrogen and oxygen atoms in total. The second-order valence-corrected chi connectivity index (χ2v) is 1.77. The molecule has 8 heavy (non-hydrogen) atoms. The van der Waals surface area contributed by atoms with Gasteiger partial charge in [-0.1, -0.05) is 0 Å². The predicted octanol–water partition coefficient (Wildman–Crippen LogP) is 1.68. The number of hydrogen-bond donors (Lipinski definition) is 0. The highest BCUT2D eigenvalue weighted by atomic mass is 19.3. The van der Waals surface area contributed by atoms with Crippen LogP contribution in [0.2, 0.25) is 0 Å². The van der Waals surface area contributed by atoms with Gasteiger partial charge in [0.1, 0.15) is 6.61 Å². The zero-order valence-electron chi connectivity index (χ0n) is 5.03. The molecule has 0 fully saturated rings. The van der Waals surface area contributed by atoms with E-state index >= 15 is 0 Å². The van der Waals surface area contributed by atoms with Crippen molar-refractivity contribution >= 4 is 0 Å². The van der Waals surface area contributed by atoms with Crippen LogP contribution < -0.4 is 0 Å². The average molecular weight is 124 g/mol. The molecule has 0 unspecified atom stereocenters. The molecule has 0 saturated heterocycles. The Labute approximate surface area is 47.6 Å². The fourth-order valence-electron chi connectivity index (χ4n) is 0.265. The SMILES string of the molecule is CC(C)OCC(F)F. The van der Waals surface area contributed by atoms with Gasteiger partial charge in [-0.05, 0) is 13.8 Å². The Morgan fingerprint density at radius 2 is 1.88 bits per heavy atom. The molecule has 0 spiro atoms. The Morgan fingerprint density at radius 1 is 1.38 bits per heavy atom. The molecule has 0 aromatic heterocycles. The first-order valence-corrected chi connectivity index (χ1v) is 2.52. The summed E-state index contributed by atoms with van der Waals surface area (Å²) in [5, 5.41) is 0. The van der Waals surface area contributed by atoms with E-state index in [4.69, 9.17) is 0 Å². The number of halogens is 2. The molecule has 0 aliphatic carbocycles. The lowest BCUT2D eigenvalue weighted by Gasteiger charge is -2.04. The van der Waals surface area contributed by atoms with Crippen molar-refractivity contribution in [2.45, 2.75) is 26.4 Å². The number of hydrogen-bond acceptors (Lipinski definition) is 1. The van der Waals surface area contributed by atoms with Gasteiger partial charge in [0.15, 0.2) is 0 Å². The molecule has 0 aromatic rings. The summed E-state index contributed by atoms with van der Waals surface area (Å²) in [6.07, 6.45) is -2.43. The molecule has 0 aromatic carbocycles. The van der Waals surface area contributed by atoms with Crippen LogP contribution >= 0.6 is 0 Å². The zero-order valence-corrected chi connectivity index (χ0v) is 5.03. The van der Waals surface area contributed by atoms with Gasteiger partial charge in [0.05, 0.1) is 6.10 Å². The summed E-state index contributed by atoms with van der Waals surface area (Å²) in [6.45, 7) is 3.00. The van der Waals surface area contributed by atoms with Crippen molar-refractivity contribution in [3.8, 4) is 0 Å². The van der Waals surface area contributed by atoms with Crippen LogP contribution in [0, 0.1) is 0 Å². The van der Waals surface area contributed by atoms with Gasteiger partial charge in [-0.25, -0.2) is 8.78 Å². The lowest BCUT2D eigenvalue weighted by molar-refractivity contribution is -0.0104. The van der Waals surface area contributed by atoms with Gasteiger partial charge in [0, 0.05) is 0 Å². The first-order valence-electron chi connectivity index (χ1n) is 2.52. The molecule has 0 aliphatic rings.